The molecule has 10 aromatic rings. The van der Waals surface area contributed by atoms with Crippen molar-refractivity contribution in [3.63, 3.8) is 0 Å². The minimum absolute atomic E-state index is 0.422. The van der Waals surface area contributed by atoms with Crippen molar-refractivity contribution in [2.24, 2.45) is 0 Å². The molecular formula is C54H24N4. The Balaban J connectivity index is 1.29. The first-order valence-electron chi connectivity index (χ1n) is 19.0. The van der Waals surface area contributed by atoms with Crippen molar-refractivity contribution in [2.45, 2.75) is 0 Å². The predicted molar refractivity (Wildman–Crippen MR) is 234 cm³/mol. The van der Waals surface area contributed by atoms with Crippen LogP contribution in [0.2, 0.25) is 0 Å². The van der Waals surface area contributed by atoms with Crippen LogP contribution in [-0.4, -0.2) is 0 Å². The topological polar surface area (TPSA) is 75.7 Å². The fraction of sp³-hybridized carbons (Fsp3) is 0. The summed E-state index contributed by atoms with van der Waals surface area (Å²) in [6.07, 6.45) is 0. The van der Waals surface area contributed by atoms with Crippen LogP contribution in [0.5, 0.6) is 0 Å². The van der Waals surface area contributed by atoms with E-state index in [4.69, 9.17) is 6.57 Å². The Labute approximate surface area is 332 Å². The normalized spacial score (nSPS) is 11.7. The molecule has 0 spiro atoms. The third-order valence-electron chi connectivity index (χ3n) is 12.4. The third-order valence-corrected chi connectivity index (χ3v) is 12.4. The van der Waals surface area contributed by atoms with Gasteiger partial charge in [-0.3, -0.25) is 0 Å². The Bertz CT molecular complexity index is 3520. The summed E-state index contributed by atoms with van der Waals surface area (Å²) >= 11 is 0. The van der Waals surface area contributed by atoms with E-state index in [1.165, 1.54) is 43.8 Å². The van der Waals surface area contributed by atoms with Crippen LogP contribution in [0.15, 0.2) is 146 Å². The quantitative estimate of drug-likeness (QED) is 0.131. The molecule has 260 valence electrons. The molecule has 0 heterocycles. The van der Waals surface area contributed by atoms with Gasteiger partial charge in [-0.15, -0.1) is 0 Å². The fourth-order valence-electron chi connectivity index (χ4n) is 9.92. The van der Waals surface area contributed by atoms with Gasteiger partial charge in [-0.2, -0.15) is 15.8 Å². The Morgan fingerprint density at radius 3 is 1.19 bits per heavy atom. The molecule has 0 fully saturated rings. The molecule has 0 saturated heterocycles. The van der Waals surface area contributed by atoms with Crippen LogP contribution >= 0.6 is 0 Å². The van der Waals surface area contributed by atoms with E-state index in [1.54, 1.807) is 24.3 Å². The SMILES string of the molecule is [C-]#[N+]c1cc(C#N)ccc1-c1cc2c3cc4c(cc3c(-c3ccc(C#N)cc3C#N)cc2c2cc3c(cc12)-c1cccc2cccc-3c12)-c1cccc2cccc-4c12. The van der Waals surface area contributed by atoms with Gasteiger partial charge in [0.15, 0.2) is 5.69 Å². The molecule has 10 aromatic carbocycles. The molecule has 0 bridgehead atoms. The van der Waals surface area contributed by atoms with Crippen molar-refractivity contribution in [2.75, 3.05) is 0 Å². The van der Waals surface area contributed by atoms with Gasteiger partial charge in [0, 0.05) is 11.1 Å². The van der Waals surface area contributed by atoms with Crippen LogP contribution in [0, 0.1) is 40.6 Å². The summed E-state index contributed by atoms with van der Waals surface area (Å²) in [6.45, 7) is 8.26. The van der Waals surface area contributed by atoms with E-state index in [1.807, 2.05) is 12.1 Å². The number of nitriles is 3. The highest BCUT2D eigenvalue weighted by molar-refractivity contribution is 6.29. The van der Waals surface area contributed by atoms with Gasteiger partial charge in [-0.05, 0) is 176 Å². The van der Waals surface area contributed by atoms with Crippen molar-refractivity contribution < 1.29 is 0 Å². The third kappa shape index (κ3) is 4.13. The second-order valence-corrected chi connectivity index (χ2v) is 15.2. The van der Waals surface area contributed by atoms with Gasteiger partial charge in [0.2, 0.25) is 0 Å². The van der Waals surface area contributed by atoms with Crippen molar-refractivity contribution >= 4 is 59.5 Å². The lowest BCUT2D eigenvalue weighted by atomic mass is 9.83. The number of fused-ring (bicyclic) bond motifs is 11. The molecule has 0 atom stereocenters. The molecule has 0 aromatic heterocycles. The molecule has 2 aliphatic rings. The Morgan fingerprint density at radius 2 is 0.741 bits per heavy atom. The van der Waals surface area contributed by atoms with Gasteiger partial charge < -0.3 is 0 Å². The van der Waals surface area contributed by atoms with E-state index in [-0.39, 0.29) is 0 Å². The van der Waals surface area contributed by atoms with E-state index in [9.17, 15) is 15.8 Å². The zero-order valence-corrected chi connectivity index (χ0v) is 30.6. The number of rotatable bonds is 2. The van der Waals surface area contributed by atoms with E-state index in [2.05, 4.69) is 132 Å². The molecule has 12 rings (SSSR count). The summed E-state index contributed by atoms with van der Waals surface area (Å²) in [5.74, 6) is 0. The van der Waals surface area contributed by atoms with E-state index in [0.29, 0.717) is 22.4 Å². The van der Waals surface area contributed by atoms with Crippen LogP contribution < -0.4 is 0 Å². The van der Waals surface area contributed by atoms with Crippen LogP contribution in [0.25, 0.3) is 125 Å². The maximum Gasteiger partial charge on any atom is 0.196 e. The van der Waals surface area contributed by atoms with Gasteiger partial charge in [0.1, 0.15) is 0 Å². The number of hydrogen-bond acceptors (Lipinski definition) is 3. The monoisotopic (exact) mass is 728 g/mol. The summed E-state index contributed by atoms with van der Waals surface area (Å²) in [6, 6.07) is 57.1. The van der Waals surface area contributed by atoms with Gasteiger partial charge in [0.05, 0.1) is 35.9 Å². The number of nitrogens with zero attached hydrogens (tertiary/aromatic N) is 4. The van der Waals surface area contributed by atoms with Gasteiger partial charge >= 0.3 is 0 Å². The maximum atomic E-state index is 10.5. The molecular weight excluding hydrogens is 705 g/mol. The van der Waals surface area contributed by atoms with E-state index in [0.717, 1.165) is 76.8 Å². The highest BCUT2D eigenvalue weighted by atomic mass is 14.6. The minimum Gasteiger partial charge on any atom is -0.237 e. The number of benzene rings is 10. The fourth-order valence-corrected chi connectivity index (χ4v) is 9.92. The summed E-state index contributed by atoms with van der Waals surface area (Å²) in [5, 5.41) is 41.1. The highest BCUT2D eigenvalue weighted by Gasteiger charge is 2.27. The van der Waals surface area contributed by atoms with E-state index < -0.39 is 0 Å². The first-order chi connectivity index (χ1) is 28.6. The highest BCUT2D eigenvalue weighted by Crippen LogP contribution is 2.54. The smallest absolute Gasteiger partial charge is 0.196 e. The van der Waals surface area contributed by atoms with Crippen molar-refractivity contribution in [3.8, 4) is 85.0 Å². The van der Waals surface area contributed by atoms with Crippen molar-refractivity contribution in [3.05, 3.63) is 174 Å². The zero-order valence-electron chi connectivity index (χ0n) is 30.6. The maximum absolute atomic E-state index is 10.5. The van der Waals surface area contributed by atoms with Crippen molar-refractivity contribution in [1.82, 2.24) is 0 Å². The minimum atomic E-state index is 0.422. The second-order valence-electron chi connectivity index (χ2n) is 15.2. The zero-order chi connectivity index (χ0) is 38.8. The molecule has 0 unspecified atom stereocenters. The molecule has 0 amide bonds. The van der Waals surface area contributed by atoms with Crippen molar-refractivity contribution in [1.29, 1.82) is 15.8 Å². The standard InChI is InChI=1S/C54H24N4/c1-58-52-19-30(27-56)15-17-35(52)41-21-49-48(51-25-45-39-13-5-9-32-7-3-11-37(54(32)39)43(45)23-47(41)51)20-40(34-16-14-29(26-55)18-33(34)28-57)46-22-42-36-10-2-6-31-8-4-12-38(53(31)36)44(42)24-50(46)49/h2-25H. The largest absolute Gasteiger partial charge is 0.237 e. The van der Waals surface area contributed by atoms with Gasteiger partial charge in [0.25, 0.3) is 0 Å². The average molecular weight is 729 g/mol. The van der Waals surface area contributed by atoms with Crippen LogP contribution in [0.4, 0.5) is 5.69 Å². The summed E-state index contributed by atoms with van der Waals surface area (Å²) in [7, 11) is 0. The van der Waals surface area contributed by atoms with Crippen LogP contribution in [0.3, 0.4) is 0 Å². The predicted octanol–water partition coefficient (Wildman–Crippen LogP) is 14.2. The van der Waals surface area contributed by atoms with Crippen LogP contribution in [-0.2, 0) is 0 Å². The summed E-state index contributed by atoms with van der Waals surface area (Å²) in [4.78, 5) is 3.97. The molecule has 4 nitrogen and oxygen atoms in total. The number of hydrogen-bond donors (Lipinski definition) is 0. The second kappa shape index (κ2) is 11.5. The Morgan fingerprint density at radius 1 is 0.345 bits per heavy atom. The molecule has 4 heteroatoms. The molecule has 0 aliphatic heterocycles. The summed E-state index contributed by atoms with van der Waals surface area (Å²) in [5.41, 5.74) is 14.4. The van der Waals surface area contributed by atoms with E-state index >= 15 is 0 Å². The lowest BCUT2D eigenvalue weighted by Gasteiger charge is -2.19. The summed E-state index contributed by atoms with van der Waals surface area (Å²) < 4.78 is 0. The first kappa shape index (κ1) is 31.8. The molecule has 0 saturated carbocycles. The average Bonchev–Trinajstić information content (AvgIpc) is 3.77. The van der Waals surface area contributed by atoms with Crippen LogP contribution in [0.1, 0.15) is 16.7 Å². The molecule has 2 aliphatic carbocycles. The lowest BCUT2D eigenvalue weighted by Crippen LogP contribution is -1.93. The molecule has 58 heavy (non-hydrogen) atoms. The molecule has 0 N–H and O–H groups in total. The Kier molecular flexibility index (Phi) is 6.30. The first-order valence-corrected chi connectivity index (χ1v) is 19.0. The molecule has 0 radical (unpaired) electrons. The van der Waals surface area contributed by atoms with Gasteiger partial charge in [-0.25, -0.2) is 4.85 Å². The lowest BCUT2D eigenvalue weighted by molar-refractivity contribution is 1.45. The Hall–Kier alpha value is -8.54. The van der Waals surface area contributed by atoms with Gasteiger partial charge in [-0.1, -0.05) is 84.9 Å².